The summed E-state index contributed by atoms with van der Waals surface area (Å²) >= 11 is 0. The van der Waals surface area contributed by atoms with Crippen molar-refractivity contribution in [3.05, 3.63) is 48.3 Å². The van der Waals surface area contributed by atoms with E-state index in [1.807, 2.05) is 13.8 Å². The molecule has 0 aliphatic rings. The Kier molecular flexibility index (Phi) is 11.2. The van der Waals surface area contributed by atoms with Crippen LogP contribution in [0.2, 0.25) is 0 Å². The lowest BCUT2D eigenvalue weighted by Crippen LogP contribution is -2.14. The monoisotopic (exact) mass is 394 g/mol. The third kappa shape index (κ3) is 9.30. The number of aromatic nitrogens is 1. The van der Waals surface area contributed by atoms with E-state index < -0.39 is 16.0 Å². The minimum absolute atomic E-state index is 0.134. The largest absolute Gasteiger partial charge is 0.462 e. The van der Waals surface area contributed by atoms with Crippen LogP contribution in [0.3, 0.4) is 0 Å². The van der Waals surface area contributed by atoms with Crippen molar-refractivity contribution in [1.29, 1.82) is 0 Å². The van der Waals surface area contributed by atoms with Crippen molar-refractivity contribution < 1.29 is 17.9 Å². The van der Waals surface area contributed by atoms with Gasteiger partial charge in [0.1, 0.15) is 0 Å². The number of benzene rings is 1. The number of rotatable bonds is 4. The van der Waals surface area contributed by atoms with Gasteiger partial charge in [-0.3, -0.25) is 4.98 Å². The zero-order valence-electron chi connectivity index (χ0n) is 16.9. The molecule has 0 aliphatic carbocycles. The maximum atomic E-state index is 11.8. The predicted molar refractivity (Wildman–Crippen MR) is 109 cm³/mol. The van der Waals surface area contributed by atoms with Crippen molar-refractivity contribution in [2.75, 3.05) is 6.61 Å². The van der Waals surface area contributed by atoms with Crippen molar-refractivity contribution in [2.24, 2.45) is 11.1 Å². The summed E-state index contributed by atoms with van der Waals surface area (Å²) in [5.41, 5.74) is 1.41. The maximum Gasteiger partial charge on any atom is 0.338 e. The van der Waals surface area contributed by atoms with Crippen molar-refractivity contribution in [3.63, 3.8) is 0 Å². The third-order valence-corrected chi connectivity index (χ3v) is 3.65. The number of sulfonamides is 1. The molecule has 0 spiro atoms. The molecule has 1 heterocycles. The Morgan fingerprint density at radius 2 is 1.59 bits per heavy atom. The number of hydrogen-bond acceptors (Lipinski definition) is 5. The molecule has 0 bridgehead atoms. The van der Waals surface area contributed by atoms with E-state index in [9.17, 15) is 13.2 Å². The van der Waals surface area contributed by atoms with E-state index >= 15 is 0 Å². The second kappa shape index (κ2) is 12.2. The number of primary sulfonamides is 1. The lowest BCUT2D eigenvalue weighted by molar-refractivity contribution is 0.0526. The number of nitrogens with zero attached hydrogens (tertiary/aromatic N) is 1. The number of ether oxygens (including phenoxy) is 1. The molecule has 0 saturated heterocycles. The van der Waals surface area contributed by atoms with Gasteiger partial charge in [0, 0.05) is 12.4 Å². The molecule has 6 nitrogen and oxygen atoms in total. The summed E-state index contributed by atoms with van der Waals surface area (Å²) in [7, 11) is -3.93. The first-order chi connectivity index (χ1) is 12.6. The maximum absolute atomic E-state index is 11.8. The minimum atomic E-state index is -3.93. The molecule has 150 valence electrons. The minimum Gasteiger partial charge on any atom is -0.462 e. The molecule has 0 amide bonds. The summed E-state index contributed by atoms with van der Waals surface area (Å²) in [5.74, 6) is 0.235. The molecule has 0 saturated carbocycles. The zero-order valence-corrected chi connectivity index (χ0v) is 17.7. The SMILES string of the molecule is CC.CC(C)C.CCOC(=O)c1cc(-c2ccncc2)cc(S(N)(=O)=O)c1. The van der Waals surface area contributed by atoms with Crippen LogP contribution in [0, 0.1) is 5.92 Å². The van der Waals surface area contributed by atoms with Crippen LogP contribution in [0.25, 0.3) is 11.1 Å². The first kappa shape index (κ1) is 24.8. The van der Waals surface area contributed by atoms with E-state index in [0.717, 1.165) is 11.5 Å². The summed E-state index contributed by atoms with van der Waals surface area (Å²) in [6, 6.07) is 7.59. The quantitative estimate of drug-likeness (QED) is 0.781. The summed E-state index contributed by atoms with van der Waals surface area (Å²) in [6.07, 6.45) is 3.14. The third-order valence-electron chi connectivity index (χ3n) is 2.76. The molecule has 0 aliphatic heterocycles. The zero-order chi connectivity index (χ0) is 21.0. The molecule has 2 N–H and O–H groups in total. The van der Waals surface area contributed by atoms with E-state index in [1.54, 1.807) is 37.5 Å². The number of hydrogen-bond donors (Lipinski definition) is 1. The summed E-state index contributed by atoms with van der Waals surface area (Å²) in [6.45, 7) is 12.4. The van der Waals surface area contributed by atoms with Gasteiger partial charge in [-0.05, 0) is 54.3 Å². The van der Waals surface area contributed by atoms with Gasteiger partial charge < -0.3 is 4.74 Å². The lowest BCUT2D eigenvalue weighted by atomic mass is 10.0. The Morgan fingerprint density at radius 1 is 1.07 bits per heavy atom. The van der Waals surface area contributed by atoms with Crippen molar-refractivity contribution in [1.82, 2.24) is 4.98 Å². The van der Waals surface area contributed by atoms with E-state index in [0.29, 0.717) is 5.56 Å². The summed E-state index contributed by atoms with van der Waals surface area (Å²) < 4.78 is 28.0. The van der Waals surface area contributed by atoms with Crippen LogP contribution in [0.5, 0.6) is 0 Å². The first-order valence-corrected chi connectivity index (χ1v) is 10.4. The van der Waals surface area contributed by atoms with Crippen molar-refractivity contribution >= 4 is 16.0 Å². The molecule has 0 unspecified atom stereocenters. The first-order valence-electron chi connectivity index (χ1n) is 8.90. The standard InChI is InChI=1S/C14H14N2O4S.C4H10.C2H6/c1-2-20-14(17)12-7-11(10-3-5-16-6-4-10)8-13(9-12)21(15,18)19;1-4(2)3;1-2/h3-9H,2H2,1H3,(H2,15,18,19);4H,1-3H3;1-2H3. The van der Waals surface area contributed by atoms with Crippen molar-refractivity contribution in [3.8, 4) is 11.1 Å². The van der Waals surface area contributed by atoms with Gasteiger partial charge in [-0.15, -0.1) is 0 Å². The molecule has 1 aromatic heterocycles. The molecule has 2 rings (SSSR count). The molecule has 27 heavy (non-hydrogen) atoms. The second-order valence-corrected chi connectivity index (χ2v) is 7.54. The topological polar surface area (TPSA) is 99.3 Å². The van der Waals surface area contributed by atoms with Crippen LogP contribution in [0.1, 0.15) is 51.9 Å². The lowest BCUT2D eigenvalue weighted by Gasteiger charge is -2.08. The van der Waals surface area contributed by atoms with Crippen LogP contribution >= 0.6 is 0 Å². The smallest absolute Gasteiger partial charge is 0.338 e. The highest BCUT2D eigenvalue weighted by Crippen LogP contribution is 2.24. The molecular weight excluding hydrogens is 364 g/mol. The van der Waals surface area contributed by atoms with Gasteiger partial charge in [0.25, 0.3) is 0 Å². The molecular formula is C20H30N2O4S. The van der Waals surface area contributed by atoms with Crippen LogP contribution in [-0.2, 0) is 14.8 Å². The highest BCUT2D eigenvalue weighted by Gasteiger charge is 2.16. The molecule has 0 atom stereocenters. The Morgan fingerprint density at radius 3 is 2.04 bits per heavy atom. The van der Waals surface area contributed by atoms with Crippen LogP contribution in [-0.4, -0.2) is 26.0 Å². The second-order valence-electron chi connectivity index (χ2n) is 5.98. The highest BCUT2D eigenvalue weighted by atomic mass is 32.2. The molecule has 7 heteroatoms. The molecule has 0 radical (unpaired) electrons. The van der Waals surface area contributed by atoms with E-state index in [2.05, 4.69) is 25.8 Å². The fourth-order valence-electron chi connectivity index (χ4n) is 1.81. The number of pyridine rings is 1. The number of carbonyl (C=O) groups is 1. The van der Waals surface area contributed by atoms with Crippen LogP contribution in [0.4, 0.5) is 0 Å². The van der Waals surface area contributed by atoms with Gasteiger partial charge >= 0.3 is 5.97 Å². The van der Waals surface area contributed by atoms with Gasteiger partial charge in [0.15, 0.2) is 0 Å². The van der Waals surface area contributed by atoms with Crippen LogP contribution in [0.15, 0.2) is 47.6 Å². The Balaban J connectivity index is 0.000000998. The van der Waals surface area contributed by atoms with E-state index in [-0.39, 0.29) is 17.1 Å². The fourth-order valence-corrected chi connectivity index (χ4v) is 2.39. The molecule has 0 fully saturated rings. The number of nitrogens with two attached hydrogens (primary N) is 1. The Hall–Kier alpha value is -2.25. The average Bonchev–Trinajstić information content (AvgIpc) is 2.63. The Bertz CT molecular complexity index is 801. The van der Waals surface area contributed by atoms with Gasteiger partial charge in [-0.25, -0.2) is 18.4 Å². The summed E-state index contributed by atoms with van der Waals surface area (Å²) in [5, 5.41) is 5.15. The highest BCUT2D eigenvalue weighted by molar-refractivity contribution is 7.89. The molecule has 2 aromatic rings. The number of carbonyl (C=O) groups excluding carboxylic acids is 1. The summed E-state index contributed by atoms with van der Waals surface area (Å²) in [4.78, 5) is 15.6. The fraction of sp³-hybridized carbons (Fsp3) is 0.400. The van der Waals surface area contributed by atoms with Gasteiger partial charge in [-0.2, -0.15) is 0 Å². The van der Waals surface area contributed by atoms with Crippen molar-refractivity contribution in [2.45, 2.75) is 46.4 Å². The van der Waals surface area contributed by atoms with E-state index in [4.69, 9.17) is 9.88 Å². The number of esters is 1. The van der Waals surface area contributed by atoms with Gasteiger partial charge in [0.05, 0.1) is 17.1 Å². The Labute approximate surface area is 162 Å². The molecule has 1 aromatic carbocycles. The van der Waals surface area contributed by atoms with Gasteiger partial charge in [-0.1, -0.05) is 34.6 Å². The van der Waals surface area contributed by atoms with Crippen LogP contribution < -0.4 is 5.14 Å². The van der Waals surface area contributed by atoms with E-state index in [1.165, 1.54) is 12.1 Å². The average molecular weight is 395 g/mol. The van der Waals surface area contributed by atoms with Gasteiger partial charge in [0.2, 0.25) is 10.0 Å². The predicted octanol–water partition coefficient (Wildman–Crippen LogP) is 4.26. The normalized spacial score (nSPS) is 10.2.